The van der Waals surface area contributed by atoms with Crippen molar-refractivity contribution in [3.8, 4) is 22.1 Å². The molecular weight excluding hydrogens is 469 g/mol. The van der Waals surface area contributed by atoms with E-state index in [-0.39, 0.29) is 0 Å². The normalized spacial score (nSPS) is 10.9. The lowest BCUT2D eigenvalue weighted by atomic mass is 10.2. The van der Waals surface area contributed by atoms with Crippen molar-refractivity contribution in [1.82, 2.24) is 4.98 Å². The third-order valence-electron chi connectivity index (χ3n) is 4.08. The van der Waals surface area contributed by atoms with E-state index < -0.39 is 0 Å². The second-order valence-electron chi connectivity index (χ2n) is 5.98. The lowest BCUT2D eigenvalue weighted by Crippen LogP contribution is -2.02. The molecule has 0 aliphatic rings. The number of halogens is 1. The van der Waals surface area contributed by atoms with E-state index in [0.29, 0.717) is 13.2 Å². The van der Waals surface area contributed by atoms with Gasteiger partial charge in [0.25, 0.3) is 0 Å². The number of ether oxygens (including phenoxy) is 2. The molecule has 0 unspecified atom stereocenters. The SMILES string of the molecule is CCOc1cc(-c2nc3ccccc3s2)cc(I)c1OCc1ccccc1. The maximum Gasteiger partial charge on any atom is 0.175 e. The van der Waals surface area contributed by atoms with Gasteiger partial charge in [0.05, 0.1) is 20.4 Å². The van der Waals surface area contributed by atoms with E-state index in [4.69, 9.17) is 14.5 Å². The summed E-state index contributed by atoms with van der Waals surface area (Å²) in [5.74, 6) is 1.54. The smallest absolute Gasteiger partial charge is 0.175 e. The minimum absolute atomic E-state index is 0.511. The van der Waals surface area contributed by atoms with Crippen LogP contribution in [-0.4, -0.2) is 11.6 Å². The number of hydrogen-bond donors (Lipinski definition) is 0. The predicted molar refractivity (Wildman–Crippen MR) is 120 cm³/mol. The molecule has 1 aromatic heterocycles. The second kappa shape index (κ2) is 8.27. The molecule has 1 heterocycles. The van der Waals surface area contributed by atoms with Gasteiger partial charge >= 0.3 is 0 Å². The van der Waals surface area contributed by atoms with E-state index in [9.17, 15) is 0 Å². The van der Waals surface area contributed by atoms with Crippen LogP contribution in [0.2, 0.25) is 0 Å². The molecule has 0 radical (unpaired) electrons. The number of hydrogen-bond acceptors (Lipinski definition) is 4. The lowest BCUT2D eigenvalue weighted by Gasteiger charge is -2.15. The van der Waals surface area contributed by atoms with Gasteiger partial charge in [0, 0.05) is 5.56 Å². The van der Waals surface area contributed by atoms with Crippen LogP contribution in [0.3, 0.4) is 0 Å². The molecule has 0 spiro atoms. The Kier molecular flexibility index (Phi) is 5.59. The van der Waals surface area contributed by atoms with E-state index in [2.05, 4.69) is 46.9 Å². The number of thiazole rings is 1. The van der Waals surface area contributed by atoms with E-state index in [0.717, 1.165) is 36.7 Å². The summed E-state index contributed by atoms with van der Waals surface area (Å²) in [5, 5.41) is 0.990. The molecule has 27 heavy (non-hydrogen) atoms. The predicted octanol–water partition coefficient (Wildman–Crippen LogP) is 6.55. The van der Waals surface area contributed by atoms with Crippen molar-refractivity contribution in [2.45, 2.75) is 13.5 Å². The van der Waals surface area contributed by atoms with Crippen molar-refractivity contribution in [2.24, 2.45) is 0 Å². The molecular formula is C22H18INO2S. The summed E-state index contributed by atoms with van der Waals surface area (Å²) in [6.45, 7) is 3.08. The molecule has 0 N–H and O–H groups in total. The summed E-state index contributed by atoms with van der Waals surface area (Å²) in [4.78, 5) is 4.77. The third kappa shape index (κ3) is 4.09. The molecule has 4 rings (SSSR count). The van der Waals surface area contributed by atoms with Gasteiger partial charge in [-0.05, 0) is 59.3 Å². The Morgan fingerprint density at radius 2 is 1.74 bits per heavy atom. The molecule has 0 atom stereocenters. The molecule has 4 aromatic rings. The van der Waals surface area contributed by atoms with Crippen LogP contribution < -0.4 is 9.47 Å². The standard InChI is InChI=1S/C22H18INO2S/c1-2-25-19-13-16(22-24-18-10-6-7-11-20(18)27-22)12-17(23)21(19)26-14-15-8-4-3-5-9-15/h3-13H,2,14H2,1H3. The summed E-state index contributed by atoms with van der Waals surface area (Å²) < 4.78 is 14.2. The Bertz CT molecular complexity index is 1030. The first kappa shape index (κ1) is 18.3. The first-order chi connectivity index (χ1) is 13.2. The molecule has 3 nitrogen and oxygen atoms in total. The van der Waals surface area contributed by atoms with Gasteiger partial charge in [-0.3, -0.25) is 0 Å². The van der Waals surface area contributed by atoms with Crippen LogP contribution in [-0.2, 0) is 6.61 Å². The molecule has 0 bridgehead atoms. The number of para-hydroxylation sites is 1. The van der Waals surface area contributed by atoms with Crippen molar-refractivity contribution >= 4 is 44.1 Å². The number of rotatable bonds is 6. The van der Waals surface area contributed by atoms with Crippen LogP contribution in [0, 0.1) is 3.57 Å². The molecule has 0 amide bonds. The Morgan fingerprint density at radius 1 is 0.963 bits per heavy atom. The van der Waals surface area contributed by atoms with Crippen molar-refractivity contribution in [3.63, 3.8) is 0 Å². The number of fused-ring (bicyclic) bond motifs is 1. The largest absolute Gasteiger partial charge is 0.490 e. The maximum atomic E-state index is 6.11. The fourth-order valence-electron chi connectivity index (χ4n) is 2.82. The molecule has 0 saturated heterocycles. The molecule has 136 valence electrons. The van der Waals surface area contributed by atoms with Gasteiger partial charge in [0.15, 0.2) is 11.5 Å². The van der Waals surface area contributed by atoms with Gasteiger partial charge in [-0.2, -0.15) is 0 Å². The highest BCUT2D eigenvalue weighted by Gasteiger charge is 2.15. The van der Waals surface area contributed by atoms with Gasteiger partial charge in [-0.1, -0.05) is 42.5 Å². The molecule has 0 saturated carbocycles. The molecule has 0 fully saturated rings. The summed E-state index contributed by atoms with van der Waals surface area (Å²) >= 11 is 4.00. The van der Waals surface area contributed by atoms with Gasteiger partial charge in [-0.25, -0.2) is 4.98 Å². The number of benzene rings is 3. The minimum Gasteiger partial charge on any atom is -0.490 e. The first-order valence-electron chi connectivity index (χ1n) is 8.73. The molecule has 0 aliphatic heterocycles. The summed E-state index contributed by atoms with van der Waals surface area (Å²) in [7, 11) is 0. The number of aromatic nitrogens is 1. The molecule has 5 heteroatoms. The quantitative estimate of drug-likeness (QED) is 0.289. The Morgan fingerprint density at radius 3 is 2.52 bits per heavy atom. The highest BCUT2D eigenvalue weighted by molar-refractivity contribution is 14.1. The zero-order chi connectivity index (χ0) is 18.6. The zero-order valence-corrected chi connectivity index (χ0v) is 17.8. The highest BCUT2D eigenvalue weighted by atomic mass is 127. The Labute approximate surface area is 176 Å². The zero-order valence-electron chi connectivity index (χ0n) is 14.8. The van der Waals surface area contributed by atoms with E-state index >= 15 is 0 Å². The fourth-order valence-corrected chi connectivity index (χ4v) is 4.53. The fraction of sp³-hybridized carbons (Fsp3) is 0.136. The topological polar surface area (TPSA) is 31.4 Å². The van der Waals surface area contributed by atoms with Crippen LogP contribution in [0.5, 0.6) is 11.5 Å². The summed E-state index contributed by atoms with van der Waals surface area (Å²) in [5.41, 5.74) is 3.21. The summed E-state index contributed by atoms with van der Waals surface area (Å²) in [6, 6.07) is 22.5. The maximum absolute atomic E-state index is 6.11. The highest BCUT2D eigenvalue weighted by Crippen LogP contribution is 2.40. The van der Waals surface area contributed by atoms with Crippen LogP contribution in [0.25, 0.3) is 20.8 Å². The van der Waals surface area contributed by atoms with Crippen molar-refractivity contribution in [3.05, 3.63) is 75.9 Å². The Hall–Kier alpha value is -2.12. The average Bonchev–Trinajstić information content (AvgIpc) is 3.12. The van der Waals surface area contributed by atoms with Crippen LogP contribution in [0.4, 0.5) is 0 Å². The van der Waals surface area contributed by atoms with Gasteiger partial charge in [-0.15, -0.1) is 11.3 Å². The Balaban J connectivity index is 1.68. The van der Waals surface area contributed by atoms with Crippen LogP contribution >= 0.6 is 33.9 Å². The monoisotopic (exact) mass is 487 g/mol. The summed E-state index contributed by atoms with van der Waals surface area (Å²) in [6.07, 6.45) is 0. The third-order valence-corrected chi connectivity index (χ3v) is 5.96. The molecule has 3 aromatic carbocycles. The van der Waals surface area contributed by atoms with Gasteiger partial charge in [0.2, 0.25) is 0 Å². The van der Waals surface area contributed by atoms with E-state index in [1.165, 1.54) is 4.70 Å². The van der Waals surface area contributed by atoms with E-state index in [1.807, 2.05) is 49.4 Å². The lowest BCUT2D eigenvalue weighted by molar-refractivity contribution is 0.267. The van der Waals surface area contributed by atoms with Gasteiger partial charge < -0.3 is 9.47 Å². The second-order valence-corrected chi connectivity index (χ2v) is 8.17. The van der Waals surface area contributed by atoms with Crippen molar-refractivity contribution < 1.29 is 9.47 Å². The van der Waals surface area contributed by atoms with Crippen molar-refractivity contribution in [1.29, 1.82) is 0 Å². The van der Waals surface area contributed by atoms with Gasteiger partial charge in [0.1, 0.15) is 11.6 Å². The average molecular weight is 487 g/mol. The van der Waals surface area contributed by atoms with E-state index in [1.54, 1.807) is 11.3 Å². The van der Waals surface area contributed by atoms with Crippen LogP contribution in [0.1, 0.15) is 12.5 Å². The van der Waals surface area contributed by atoms with Crippen molar-refractivity contribution in [2.75, 3.05) is 6.61 Å². The van der Waals surface area contributed by atoms with Crippen LogP contribution in [0.15, 0.2) is 66.7 Å². The minimum atomic E-state index is 0.511. The number of nitrogens with zero attached hydrogens (tertiary/aromatic N) is 1. The molecule has 0 aliphatic carbocycles. The first-order valence-corrected chi connectivity index (χ1v) is 10.6.